The van der Waals surface area contributed by atoms with E-state index in [1.54, 1.807) is 41.9 Å². The van der Waals surface area contributed by atoms with E-state index >= 15 is 0 Å². The summed E-state index contributed by atoms with van der Waals surface area (Å²) < 4.78 is 14.8. The van der Waals surface area contributed by atoms with Crippen LogP contribution in [0.15, 0.2) is 52.7 Å². The third-order valence-electron chi connectivity index (χ3n) is 3.48. The van der Waals surface area contributed by atoms with E-state index in [0.717, 1.165) is 16.9 Å². The zero-order chi connectivity index (χ0) is 19.2. The van der Waals surface area contributed by atoms with Gasteiger partial charge < -0.3 is 19.2 Å². The highest BCUT2D eigenvalue weighted by molar-refractivity contribution is 7.12. The van der Waals surface area contributed by atoms with Crippen LogP contribution in [0.25, 0.3) is 11.3 Å². The Morgan fingerprint density at radius 1 is 1.15 bits per heavy atom. The van der Waals surface area contributed by atoms with E-state index in [1.807, 2.05) is 0 Å². The number of esters is 2. The number of carbonyl (C=O) groups excluding carboxylic acids is 3. The average Bonchev–Trinajstić information content (AvgIpc) is 3.38. The number of benzene rings is 1. The number of anilines is 1. The molecule has 3 rings (SSSR count). The molecule has 2 heterocycles. The molecule has 1 amide bonds. The summed E-state index contributed by atoms with van der Waals surface area (Å²) in [6.07, 6.45) is 2.87. The van der Waals surface area contributed by atoms with Crippen LogP contribution in [0, 0.1) is 0 Å². The second-order valence-electron chi connectivity index (χ2n) is 5.22. The summed E-state index contributed by atoms with van der Waals surface area (Å²) in [5.74, 6) is -1.19. The molecule has 0 atom stereocenters. The number of amides is 1. The van der Waals surface area contributed by atoms with Crippen LogP contribution in [0.5, 0.6) is 0 Å². The molecule has 2 aromatic heterocycles. The molecular weight excluding hydrogens is 372 g/mol. The van der Waals surface area contributed by atoms with Crippen molar-refractivity contribution < 1.29 is 28.3 Å². The first-order valence-corrected chi connectivity index (χ1v) is 8.58. The maximum absolute atomic E-state index is 12.1. The van der Waals surface area contributed by atoms with Gasteiger partial charge in [0, 0.05) is 5.56 Å². The van der Waals surface area contributed by atoms with Crippen molar-refractivity contribution in [1.82, 2.24) is 4.98 Å². The van der Waals surface area contributed by atoms with Crippen LogP contribution in [-0.2, 0) is 14.3 Å². The molecular formula is C18H14N2O6S. The molecule has 138 valence electrons. The number of hydrogen-bond acceptors (Lipinski definition) is 8. The third kappa shape index (κ3) is 4.39. The van der Waals surface area contributed by atoms with Gasteiger partial charge in [-0.15, -0.1) is 11.3 Å². The van der Waals surface area contributed by atoms with E-state index in [4.69, 9.17) is 9.15 Å². The molecule has 0 unspecified atom stereocenters. The summed E-state index contributed by atoms with van der Waals surface area (Å²) in [6.45, 7) is -0.487. The maximum atomic E-state index is 12.1. The minimum atomic E-state index is -0.646. The smallest absolute Gasteiger partial charge is 0.350 e. The van der Waals surface area contributed by atoms with Crippen LogP contribution in [-0.4, -0.2) is 36.5 Å². The van der Waals surface area contributed by atoms with Crippen molar-refractivity contribution in [3.05, 3.63) is 58.7 Å². The number of rotatable bonds is 6. The SMILES string of the molecule is COC(=O)c1sccc1NC(=O)COC(=O)c1ccc(-c2cnco2)cc1. The lowest BCUT2D eigenvalue weighted by Crippen LogP contribution is -2.21. The van der Waals surface area contributed by atoms with Crippen LogP contribution >= 0.6 is 11.3 Å². The molecule has 0 bridgehead atoms. The quantitative estimate of drug-likeness (QED) is 0.649. The second-order valence-corrected chi connectivity index (χ2v) is 6.14. The summed E-state index contributed by atoms with van der Waals surface area (Å²) in [5, 5.41) is 4.16. The van der Waals surface area contributed by atoms with Crippen LogP contribution in [0.3, 0.4) is 0 Å². The van der Waals surface area contributed by atoms with Gasteiger partial charge in [-0.05, 0) is 23.6 Å². The van der Waals surface area contributed by atoms with E-state index in [2.05, 4.69) is 15.0 Å². The first-order valence-electron chi connectivity index (χ1n) is 7.70. The largest absolute Gasteiger partial charge is 0.465 e. The maximum Gasteiger partial charge on any atom is 0.350 e. The lowest BCUT2D eigenvalue weighted by molar-refractivity contribution is -0.119. The number of nitrogens with zero attached hydrogens (tertiary/aromatic N) is 1. The van der Waals surface area contributed by atoms with Gasteiger partial charge in [0.25, 0.3) is 5.91 Å². The topological polar surface area (TPSA) is 108 Å². The number of oxazole rings is 1. The van der Waals surface area contributed by atoms with Crippen molar-refractivity contribution in [3.63, 3.8) is 0 Å². The highest BCUT2D eigenvalue weighted by Crippen LogP contribution is 2.23. The lowest BCUT2D eigenvalue weighted by atomic mass is 10.1. The highest BCUT2D eigenvalue weighted by Gasteiger charge is 2.17. The molecule has 0 aliphatic rings. The van der Waals surface area contributed by atoms with Crippen molar-refractivity contribution in [2.75, 3.05) is 19.0 Å². The fraction of sp³-hybridized carbons (Fsp3) is 0.111. The average molecular weight is 386 g/mol. The summed E-state index contributed by atoms with van der Waals surface area (Å²) in [6, 6.07) is 8.06. The van der Waals surface area contributed by atoms with Gasteiger partial charge in [-0.1, -0.05) is 12.1 Å². The Labute approximate surface area is 157 Å². The van der Waals surface area contributed by atoms with Crippen molar-refractivity contribution in [3.8, 4) is 11.3 Å². The molecule has 0 fully saturated rings. The predicted octanol–water partition coefficient (Wildman–Crippen LogP) is 2.99. The van der Waals surface area contributed by atoms with Crippen molar-refractivity contribution >= 4 is 34.9 Å². The standard InChI is InChI=1S/C18H14N2O6S/c1-24-18(23)16-13(6-7-27-16)20-15(21)9-25-17(22)12-4-2-11(3-5-12)14-8-19-10-26-14/h2-8,10H,9H2,1H3,(H,20,21). The number of carbonyl (C=O) groups is 3. The Balaban J connectivity index is 1.55. The first-order chi connectivity index (χ1) is 13.1. The Morgan fingerprint density at radius 2 is 1.93 bits per heavy atom. The predicted molar refractivity (Wildman–Crippen MR) is 96.5 cm³/mol. The normalized spacial score (nSPS) is 10.3. The number of ether oxygens (including phenoxy) is 2. The summed E-state index contributed by atoms with van der Waals surface area (Å²) in [7, 11) is 1.25. The zero-order valence-electron chi connectivity index (χ0n) is 14.1. The molecule has 1 N–H and O–H groups in total. The van der Waals surface area contributed by atoms with Crippen LogP contribution in [0.1, 0.15) is 20.0 Å². The number of hydrogen-bond donors (Lipinski definition) is 1. The van der Waals surface area contributed by atoms with Gasteiger partial charge in [0.05, 0.1) is 24.6 Å². The van der Waals surface area contributed by atoms with E-state index in [9.17, 15) is 14.4 Å². The summed E-state index contributed by atoms with van der Waals surface area (Å²) >= 11 is 1.14. The number of nitrogens with one attached hydrogen (secondary N) is 1. The van der Waals surface area contributed by atoms with Gasteiger partial charge in [0.2, 0.25) is 0 Å². The molecule has 0 aliphatic carbocycles. The van der Waals surface area contributed by atoms with E-state index in [1.165, 1.54) is 13.5 Å². The van der Waals surface area contributed by atoms with Gasteiger partial charge in [-0.2, -0.15) is 0 Å². The number of aromatic nitrogens is 1. The van der Waals surface area contributed by atoms with Crippen LogP contribution < -0.4 is 5.32 Å². The second kappa shape index (κ2) is 8.28. The fourth-order valence-corrected chi connectivity index (χ4v) is 2.95. The number of thiophene rings is 1. The van der Waals surface area contributed by atoms with E-state index in [0.29, 0.717) is 11.4 Å². The van der Waals surface area contributed by atoms with Gasteiger partial charge in [0.15, 0.2) is 18.8 Å². The first kappa shape index (κ1) is 18.3. The van der Waals surface area contributed by atoms with E-state index < -0.39 is 24.5 Å². The van der Waals surface area contributed by atoms with Crippen LogP contribution in [0.4, 0.5) is 5.69 Å². The Morgan fingerprint density at radius 3 is 2.59 bits per heavy atom. The Bertz CT molecular complexity index is 947. The summed E-state index contributed by atoms with van der Waals surface area (Å²) in [5.41, 5.74) is 1.36. The van der Waals surface area contributed by atoms with Gasteiger partial charge in [-0.3, -0.25) is 4.79 Å². The van der Waals surface area contributed by atoms with Gasteiger partial charge in [0.1, 0.15) is 4.88 Å². The monoisotopic (exact) mass is 386 g/mol. The van der Waals surface area contributed by atoms with Crippen molar-refractivity contribution in [2.45, 2.75) is 0 Å². The Hall–Kier alpha value is -3.46. The van der Waals surface area contributed by atoms with Gasteiger partial charge in [-0.25, -0.2) is 14.6 Å². The van der Waals surface area contributed by atoms with E-state index in [-0.39, 0.29) is 10.4 Å². The van der Waals surface area contributed by atoms with Gasteiger partial charge >= 0.3 is 11.9 Å². The molecule has 3 aromatic rings. The molecule has 1 aromatic carbocycles. The zero-order valence-corrected chi connectivity index (χ0v) is 14.9. The molecule has 8 nitrogen and oxygen atoms in total. The Kier molecular flexibility index (Phi) is 5.62. The summed E-state index contributed by atoms with van der Waals surface area (Å²) in [4.78, 5) is 39.7. The van der Waals surface area contributed by atoms with Crippen molar-refractivity contribution in [1.29, 1.82) is 0 Å². The minimum absolute atomic E-state index is 0.264. The van der Waals surface area contributed by atoms with Crippen molar-refractivity contribution in [2.24, 2.45) is 0 Å². The molecule has 0 aliphatic heterocycles. The third-order valence-corrected chi connectivity index (χ3v) is 4.38. The lowest BCUT2D eigenvalue weighted by Gasteiger charge is -2.07. The number of methoxy groups -OCH3 is 1. The van der Waals surface area contributed by atoms with Crippen LogP contribution in [0.2, 0.25) is 0 Å². The molecule has 9 heteroatoms. The molecule has 27 heavy (non-hydrogen) atoms. The minimum Gasteiger partial charge on any atom is -0.465 e. The molecule has 0 saturated heterocycles. The molecule has 0 spiro atoms. The highest BCUT2D eigenvalue weighted by atomic mass is 32.1. The molecule has 0 radical (unpaired) electrons. The fourth-order valence-electron chi connectivity index (χ4n) is 2.19. The molecule has 0 saturated carbocycles.